The monoisotopic (exact) mass is 458 g/mol. The molecule has 3 N–H and O–H groups in total. The van der Waals surface area contributed by atoms with E-state index in [1.54, 1.807) is 6.33 Å². The van der Waals surface area contributed by atoms with Gasteiger partial charge in [-0.3, -0.25) is 9.59 Å². The van der Waals surface area contributed by atoms with Crippen molar-refractivity contribution in [1.82, 2.24) is 9.55 Å². The van der Waals surface area contributed by atoms with E-state index in [9.17, 15) is 9.59 Å². The fourth-order valence-corrected chi connectivity index (χ4v) is 4.86. The summed E-state index contributed by atoms with van der Waals surface area (Å²) < 4.78 is 1.99. The molecule has 8 heteroatoms. The number of nitrogens with zero attached hydrogens (tertiary/aromatic N) is 4. The van der Waals surface area contributed by atoms with E-state index in [1.165, 1.54) is 0 Å². The molecule has 176 valence electrons. The second-order valence-electron chi connectivity index (χ2n) is 9.01. The number of hydrogen-bond acceptors (Lipinski definition) is 5. The summed E-state index contributed by atoms with van der Waals surface area (Å²) in [6.07, 6.45) is 4.93. The lowest BCUT2D eigenvalue weighted by Gasteiger charge is -2.36. The average Bonchev–Trinajstić information content (AvgIpc) is 3.24. The first-order chi connectivity index (χ1) is 16.5. The predicted octanol–water partition coefficient (Wildman–Crippen LogP) is 2.97. The molecule has 34 heavy (non-hydrogen) atoms. The van der Waals surface area contributed by atoms with Crippen LogP contribution in [0.2, 0.25) is 0 Å². The normalized spacial score (nSPS) is 18.1. The van der Waals surface area contributed by atoms with Gasteiger partial charge >= 0.3 is 0 Å². The Morgan fingerprint density at radius 1 is 1.15 bits per heavy atom. The number of carbonyl (C=O) groups excluding carboxylic acids is 2. The van der Waals surface area contributed by atoms with Crippen LogP contribution in [0.15, 0.2) is 54.9 Å². The van der Waals surface area contributed by atoms with Gasteiger partial charge in [0, 0.05) is 55.7 Å². The van der Waals surface area contributed by atoms with Gasteiger partial charge in [0.2, 0.25) is 11.8 Å². The fraction of sp³-hybridized carbons (Fsp3) is 0.346. The first kappa shape index (κ1) is 22.2. The van der Waals surface area contributed by atoms with E-state index >= 15 is 0 Å². The summed E-state index contributed by atoms with van der Waals surface area (Å²) in [5.41, 5.74) is 11.5. The quantitative estimate of drug-likeness (QED) is 0.613. The molecule has 2 aliphatic heterocycles. The number of nitrogens with one attached hydrogen (secondary N) is 1. The number of aromatic nitrogens is 2. The van der Waals surface area contributed by atoms with Gasteiger partial charge in [-0.25, -0.2) is 4.98 Å². The SMILES string of the molecule is Cn1cnc2c1CC(C(=O)Nc1ccc(N3CCCCC3=O)cc1)N(c1cccc(CN)c1)C2. The number of carbonyl (C=O) groups is 2. The van der Waals surface area contributed by atoms with Crippen LogP contribution in [-0.2, 0) is 36.1 Å². The van der Waals surface area contributed by atoms with Crippen molar-refractivity contribution in [2.75, 3.05) is 21.7 Å². The van der Waals surface area contributed by atoms with Crippen molar-refractivity contribution >= 4 is 28.9 Å². The zero-order valence-corrected chi connectivity index (χ0v) is 19.4. The summed E-state index contributed by atoms with van der Waals surface area (Å²) in [5.74, 6) is 0.0828. The van der Waals surface area contributed by atoms with E-state index in [0.29, 0.717) is 31.6 Å². The topological polar surface area (TPSA) is 96.5 Å². The highest BCUT2D eigenvalue weighted by molar-refractivity contribution is 5.98. The molecule has 1 aromatic heterocycles. The van der Waals surface area contributed by atoms with Crippen LogP contribution in [0.1, 0.15) is 36.2 Å². The summed E-state index contributed by atoms with van der Waals surface area (Å²) in [5, 5.41) is 3.09. The van der Waals surface area contributed by atoms with E-state index in [-0.39, 0.29) is 17.9 Å². The first-order valence-corrected chi connectivity index (χ1v) is 11.8. The molecule has 2 amide bonds. The molecule has 2 aliphatic rings. The summed E-state index contributed by atoms with van der Waals surface area (Å²) in [6, 6.07) is 15.2. The zero-order valence-electron chi connectivity index (χ0n) is 19.4. The second kappa shape index (κ2) is 9.30. The van der Waals surface area contributed by atoms with Crippen LogP contribution in [-0.4, -0.2) is 34.0 Å². The van der Waals surface area contributed by atoms with Gasteiger partial charge in [0.15, 0.2) is 0 Å². The van der Waals surface area contributed by atoms with Gasteiger partial charge < -0.3 is 25.4 Å². The Morgan fingerprint density at radius 3 is 2.74 bits per heavy atom. The fourth-order valence-electron chi connectivity index (χ4n) is 4.86. The summed E-state index contributed by atoms with van der Waals surface area (Å²) in [4.78, 5) is 34.2. The summed E-state index contributed by atoms with van der Waals surface area (Å²) in [6.45, 7) is 1.74. The zero-order chi connectivity index (χ0) is 23.7. The van der Waals surface area contributed by atoms with Crippen LogP contribution in [0.25, 0.3) is 0 Å². The Morgan fingerprint density at radius 2 is 1.97 bits per heavy atom. The van der Waals surface area contributed by atoms with Crippen molar-refractivity contribution in [3.05, 3.63) is 71.8 Å². The molecule has 0 aliphatic carbocycles. The molecule has 0 radical (unpaired) electrons. The number of imidazole rings is 1. The number of anilines is 3. The third kappa shape index (κ3) is 4.28. The maximum atomic E-state index is 13.5. The van der Waals surface area contributed by atoms with Gasteiger partial charge in [0.1, 0.15) is 6.04 Å². The highest BCUT2D eigenvalue weighted by Crippen LogP contribution is 2.30. The van der Waals surface area contributed by atoms with Crippen molar-refractivity contribution in [3.63, 3.8) is 0 Å². The molecule has 1 unspecified atom stereocenters. The molecule has 8 nitrogen and oxygen atoms in total. The molecule has 3 aromatic rings. The molecular formula is C26H30N6O2. The van der Waals surface area contributed by atoms with Gasteiger partial charge in [-0.05, 0) is 54.8 Å². The van der Waals surface area contributed by atoms with E-state index in [4.69, 9.17) is 5.73 Å². The van der Waals surface area contributed by atoms with Crippen molar-refractivity contribution in [1.29, 1.82) is 0 Å². The van der Waals surface area contributed by atoms with Crippen molar-refractivity contribution < 1.29 is 9.59 Å². The summed E-state index contributed by atoms with van der Waals surface area (Å²) >= 11 is 0. The largest absolute Gasteiger partial charge is 0.353 e. The molecular weight excluding hydrogens is 428 g/mol. The second-order valence-corrected chi connectivity index (χ2v) is 9.01. The molecule has 5 rings (SSSR count). The number of fused-ring (bicyclic) bond motifs is 1. The van der Waals surface area contributed by atoms with E-state index < -0.39 is 0 Å². The number of nitrogens with two attached hydrogens (primary N) is 1. The Balaban J connectivity index is 1.38. The van der Waals surface area contributed by atoms with Gasteiger partial charge in [0.05, 0.1) is 18.6 Å². The number of aryl methyl sites for hydroxylation is 1. The Bertz CT molecular complexity index is 1200. The number of rotatable bonds is 5. The van der Waals surface area contributed by atoms with Crippen LogP contribution >= 0.6 is 0 Å². The molecule has 2 aromatic carbocycles. The van der Waals surface area contributed by atoms with Gasteiger partial charge in [-0.15, -0.1) is 0 Å². The average molecular weight is 459 g/mol. The minimum absolute atomic E-state index is 0.0770. The van der Waals surface area contributed by atoms with Crippen LogP contribution < -0.4 is 20.9 Å². The molecule has 1 fully saturated rings. The van der Waals surface area contributed by atoms with Crippen molar-refractivity contribution in [3.8, 4) is 0 Å². The van der Waals surface area contributed by atoms with Crippen LogP contribution in [0.4, 0.5) is 17.1 Å². The van der Waals surface area contributed by atoms with Gasteiger partial charge in [-0.1, -0.05) is 12.1 Å². The standard InChI is InChI=1S/C26H30N6O2/c1-30-17-28-22-16-32(21-6-4-5-18(13-21)15-27)24(14-23(22)30)26(34)29-19-8-10-20(11-9-19)31-12-3-2-7-25(31)33/h4-6,8-11,13,17,24H,2-3,7,12,14-16,27H2,1H3,(H,29,34). The lowest BCUT2D eigenvalue weighted by Crippen LogP contribution is -2.48. The third-order valence-electron chi connectivity index (χ3n) is 6.78. The third-order valence-corrected chi connectivity index (χ3v) is 6.78. The lowest BCUT2D eigenvalue weighted by molar-refractivity contribution is -0.119. The van der Waals surface area contributed by atoms with Gasteiger partial charge in [-0.2, -0.15) is 0 Å². The number of hydrogen-bond donors (Lipinski definition) is 2. The van der Waals surface area contributed by atoms with E-state index in [0.717, 1.165) is 47.7 Å². The molecule has 0 spiro atoms. The smallest absolute Gasteiger partial charge is 0.247 e. The number of benzene rings is 2. The summed E-state index contributed by atoms with van der Waals surface area (Å²) in [7, 11) is 1.96. The van der Waals surface area contributed by atoms with Crippen LogP contribution in [0.3, 0.4) is 0 Å². The predicted molar refractivity (Wildman–Crippen MR) is 132 cm³/mol. The highest BCUT2D eigenvalue weighted by Gasteiger charge is 2.34. The maximum Gasteiger partial charge on any atom is 0.247 e. The van der Waals surface area contributed by atoms with Crippen molar-refractivity contribution in [2.24, 2.45) is 12.8 Å². The molecule has 1 atom stereocenters. The van der Waals surface area contributed by atoms with Gasteiger partial charge in [0.25, 0.3) is 0 Å². The van der Waals surface area contributed by atoms with E-state index in [2.05, 4.69) is 15.2 Å². The molecule has 0 bridgehead atoms. The maximum absolute atomic E-state index is 13.5. The minimum atomic E-state index is -0.390. The molecule has 0 saturated carbocycles. The first-order valence-electron chi connectivity index (χ1n) is 11.8. The Labute approximate surface area is 199 Å². The Kier molecular flexibility index (Phi) is 6.06. The minimum Gasteiger partial charge on any atom is -0.353 e. The molecule has 3 heterocycles. The van der Waals surface area contributed by atoms with Crippen molar-refractivity contribution in [2.45, 2.75) is 44.8 Å². The van der Waals surface area contributed by atoms with Crippen LogP contribution in [0.5, 0.6) is 0 Å². The number of amides is 2. The lowest BCUT2D eigenvalue weighted by atomic mass is 9.99. The molecule has 1 saturated heterocycles. The Hall–Kier alpha value is -3.65. The van der Waals surface area contributed by atoms with E-state index in [1.807, 2.05) is 65.0 Å². The highest BCUT2D eigenvalue weighted by atomic mass is 16.2. The van der Waals surface area contributed by atoms with Crippen LogP contribution in [0, 0.1) is 0 Å². The number of piperidine rings is 1.